The normalized spacial score (nSPS) is 15.8. The van der Waals surface area contributed by atoms with Gasteiger partial charge in [-0.3, -0.25) is 4.79 Å². The van der Waals surface area contributed by atoms with E-state index in [1.54, 1.807) is 6.08 Å². The van der Waals surface area contributed by atoms with E-state index in [0.29, 0.717) is 5.71 Å². The van der Waals surface area contributed by atoms with Gasteiger partial charge in [0.05, 0.1) is 12.3 Å². The number of carbonyl (C=O) groups is 1. The van der Waals surface area contributed by atoms with Crippen molar-refractivity contribution in [2.24, 2.45) is 5.16 Å². The van der Waals surface area contributed by atoms with Gasteiger partial charge in [0.1, 0.15) is 17.5 Å². The summed E-state index contributed by atoms with van der Waals surface area (Å²) in [6.45, 7) is 4.02. The monoisotopic (exact) mass is 374 g/mol. The highest BCUT2D eigenvalue weighted by Gasteiger charge is 2.28. The molecule has 1 amide bonds. The lowest BCUT2D eigenvalue weighted by Gasteiger charge is -2.23. The van der Waals surface area contributed by atoms with Crippen LogP contribution in [-0.2, 0) is 4.84 Å². The number of hydrogen-bond acceptors (Lipinski definition) is 3. The quantitative estimate of drug-likeness (QED) is 0.719. The van der Waals surface area contributed by atoms with Crippen LogP contribution in [0, 0.1) is 17.5 Å². The molecule has 0 aliphatic carbocycles. The second-order valence-corrected chi connectivity index (χ2v) is 6.10. The molecule has 1 aliphatic heterocycles. The molecule has 1 unspecified atom stereocenters. The van der Waals surface area contributed by atoms with Crippen LogP contribution >= 0.6 is 0 Å². The van der Waals surface area contributed by atoms with Crippen molar-refractivity contribution in [3.05, 3.63) is 83.7 Å². The fourth-order valence-corrected chi connectivity index (χ4v) is 2.85. The van der Waals surface area contributed by atoms with Gasteiger partial charge in [-0.05, 0) is 30.3 Å². The van der Waals surface area contributed by atoms with Crippen molar-refractivity contribution >= 4 is 11.6 Å². The van der Waals surface area contributed by atoms with E-state index < -0.39 is 23.6 Å². The van der Waals surface area contributed by atoms with E-state index in [1.165, 1.54) is 29.2 Å². The van der Waals surface area contributed by atoms with Gasteiger partial charge in [-0.1, -0.05) is 17.3 Å². The Balaban J connectivity index is 1.69. The number of oxime groups is 1. The first-order chi connectivity index (χ1) is 13.0. The number of halogens is 3. The fourth-order valence-electron chi connectivity index (χ4n) is 2.85. The van der Waals surface area contributed by atoms with Crippen molar-refractivity contribution < 1.29 is 22.8 Å². The van der Waals surface area contributed by atoms with E-state index in [1.807, 2.05) is 0 Å². The van der Waals surface area contributed by atoms with Crippen LogP contribution in [0.25, 0.3) is 0 Å². The first kappa shape index (κ1) is 18.7. The molecule has 2 aromatic carbocycles. The van der Waals surface area contributed by atoms with E-state index in [9.17, 15) is 18.0 Å². The van der Waals surface area contributed by atoms with Crippen LogP contribution in [-0.4, -0.2) is 35.7 Å². The van der Waals surface area contributed by atoms with Gasteiger partial charge in [0.15, 0.2) is 6.10 Å². The Morgan fingerprint density at radius 2 is 2.00 bits per heavy atom. The molecule has 1 heterocycles. The molecule has 0 saturated heterocycles. The maximum atomic E-state index is 13.9. The van der Waals surface area contributed by atoms with Crippen molar-refractivity contribution in [3.8, 4) is 0 Å². The van der Waals surface area contributed by atoms with Gasteiger partial charge in [0.25, 0.3) is 5.91 Å². The van der Waals surface area contributed by atoms with Gasteiger partial charge in [0, 0.05) is 30.2 Å². The first-order valence-corrected chi connectivity index (χ1v) is 8.31. The van der Waals surface area contributed by atoms with E-state index in [0.717, 1.165) is 18.2 Å². The summed E-state index contributed by atoms with van der Waals surface area (Å²) in [4.78, 5) is 19.4. The van der Waals surface area contributed by atoms with E-state index >= 15 is 0 Å². The molecular weight excluding hydrogens is 357 g/mol. The van der Waals surface area contributed by atoms with Crippen molar-refractivity contribution in [2.45, 2.75) is 12.5 Å². The Kier molecular flexibility index (Phi) is 5.59. The topological polar surface area (TPSA) is 41.9 Å². The zero-order valence-corrected chi connectivity index (χ0v) is 14.4. The molecule has 0 aromatic heterocycles. The number of benzene rings is 2. The predicted octanol–water partition coefficient (Wildman–Crippen LogP) is 3.93. The number of carbonyl (C=O) groups excluding carboxylic acids is 1. The Morgan fingerprint density at radius 1 is 1.22 bits per heavy atom. The molecule has 0 fully saturated rings. The molecular formula is C20H17F3N2O2. The second-order valence-electron chi connectivity index (χ2n) is 6.10. The van der Waals surface area contributed by atoms with Crippen LogP contribution in [0.15, 0.2) is 60.3 Å². The average Bonchev–Trinajstić information content (AvgIpc) is 3.09. The maximum Gasteiger partial charge on any atom is 0.254 e. The van der Waals surface area contributed by atoms with Gasteiger partial charge < -0.3 is 9.74 Å². The molecule has 0 bridgehead atoms. The minimum atomic E-state index is -0.725. The standard InChI is InChI=1S/C20H17F3N2O2/c1-2-8-25(20(26)13-4-3-5-14(21)9-13)12-16-11-19(24-27-16)17-7-6-15(22)10-18(17)23/h2-7,9-10,16H,1,8,11-12H2. The highest BCUT2D eigenvalue weighted by molar-refractivity contribution is 6.01. The molecule has 0 spiro atoms. The van der Waals surface area contributed by atoms with Crippen molar-refractivity contribution in [3.63, 3.8) is 0 Å². The van der Waals surface area contributed by atoms with Crippen molar-refractivity contribution in [1.82, 2.24) is 4.90 Å². The zero-order valence-electron chi connectivity index (χ0n) is 14.4. The van der Waals surface area contributed by atoms with Crippen molar-refractivity contribution in [1.29, 1.82) is 0 Å². The lowest BCUT2D eigenvalue weighted by molar-refractivity contribution is 0.0449. The number of rotatable bonds is 6. The molecule has 0 N–H and O–H groups in total. The zero-order chi connectivity index (χ0) is 19.4. The summed E-state index contributed by atoms with van der Waals surface area (Å²) in [6.07, 6.45) is 1.31. The molecule has 4 nitrogen and oxygen atoms in total. The first-order valence-electron chi connectivity index (χ1n) is 8.31. The summed E-state index contributed by atoms with van der Waals surface area (Å²) >= 11 is 0. The molecule has 1 atom stereocenters. The summed E-state index contributed by atoms with van der Waals surface area (Å²) in [7, 11) is 0. The van der Waals surface area contributed by atoms with Crippen LogP contribution in [0.2, 0.25) is 0 Å². The van der Waals surface area contributed by atoms with Crippen molar-refractivity contribution in [2.75, 3.05) is 13.1 Å². The minimum absolute atomic E-state index is 0.158. The van der Waals surface area contributed by atoms with Crippen LogP contribution in [0.4, 0.5) is 13.2 Å². The third-order valence-corrected chi connectivity index (χ3v) is 4.11. The molecule has 27 heavy (non-hydrogen) atoms. The van der Waals surface area contributed by atoms with E-state index in [4.69, 9.17) is 4.84 Å². The van der Waals surface area contributed by atoms with Crippen LogP contribution in [0.3, 0.4) is 0 Å². The summed E-state index contributed by atoms with van der Waals surface area (Å²) < 4.78 is 40.4. The Hall–Kier alpha value is -3.09. The lowest BCUT2D eigenvalue weighted by atomic mass is 10.0. The number of nitrogens with zero attached hydrogens (tertiary/aromatic N) is 2. The van der Waals surface area contributed by atoms with Crippen LogP contribution < -0.4 is 0 Å². The third-order valence-electron chi connectivity index (χ3n) is 4.11. The molecule has 0 radical (unpaired) electrons. The Morgan fingerprint density at radius 3 is 2.70 bits per heavy atom. The molecule has 2 aromatic rings. The van der Waals surface area contributed by atoms with Gasteiger partial charge in [-0.15, -0.1) is 6.58 Å². The van der Waals surface area contributed by atoms with Gasteiger partial charge in [-0.2, -0.15) is 0 Å². The maximum absolute atomic E-state index is 13.9. The Labute approximate surface area is 154 Å². The SMILES string of the molecule is C=CCN(CC1CC(c2ccc(F)cc2F)=NO1)C(=O)c1cccc(F)c1. The van der Waals surface area contributed by atoms with Gasteiger partial charge >= 0.3 is 0 Å². The summed E-state index contributed by atoms with van der Waals surface area (Å²) in [5, 5.41) is 3.87. The number of amides is 1. The fraction of sp³-hybridized carbons (Fsp3) is 0.200. The lowest BCUT2D eigenvalue weighted by Crippen LogP contribution is -2.38. The van der Waals surface area contributed by atoms with Crippen LogP contribution in [0.1, 0.15) is 22.3 Å². The highest BCUT2D eigenvalue weighted by Crippen LogP contribution is 2.21. The Bertz CT molecular complexity index is 899. The number of hydrogen-bond donors (Lipinski definition) is 0. The third kappa shape index (κ3) is 4.36. The van der Waals surface area contributed by atoms with E-state index in [-0.39, 0.29) is 36.5 Å². The molecule has 7 heteroatoms. The average molecular weight is 374 g/mol. The van der Waals surface area contributed by atoms with Crippen LogP contribution in [0.5, 0.6) is 0 Å². The molecule has 3 rings (SSSR count). The highest BCUT2D eigenvalue weighted by atomic mass is 19.1. The largest absolute Gasteiger partial charge is 0.390 e. The smallest absolute Gasteiger partial charge is 0.254 e. The summed E-state index contributed by atoms with van der Waals surface area (Å²) in [5.41, 5.74) is 0.709. The molecule has 140 valence electrons. The van der Waals surface area contributed by atoms with E-state index in [2.05, 4.69) is 11.7 Å². The van der Waals surface area contributed by atoms with Gasteiger partial charge in [0.2, 0.25) is 0 Å². The second kappa shape index (κ2) is 8.07. The minimum Gasteiger partial charge on any atom is -0.390 e. The van der Waals surface area contributed by atoms with Gasteiger partial charge in [-0.25, -0.2) is 13.2 Å². The predicted molar refractivity (Wildman–Crippen MR) is 94.9 cm³/mol. The summed E-state index contributed by atoms with van der Waals surface area (Å²) in [5.74, 6) is -2.28. The molecule has 1 aliphatic rings. The summed E-state index contributed by atoms with van der Waals surface area (Å²) in [6, 6.07) is 8.62. The molecule has 0 saturated carbocycles.